The molecule has 288 valence electrons. The van der Waals surface area contributed by atoms with Crippen molar-refractivity contribution in [1.29, 1.82) is 0 Å². The SMILES string of the molecule is c1ccc2c(c1)OCCOCCOCCOC13c4ccccc4C4(CCC45c4ccccc4C1(OCCOCCOCCO2)c1ccccc15)c1ccccc13. The van der Waals surface area contributed by atoms with Gasteiger partial charge in [0.25, 0.3) is 0 Å². The van der Waals surface area contributed by atoms with Crippen LogP contribution in [0.25, 0.3) is 0 Å². The Balaban J connectivity index is 1.06. The molecule has 13 rings (SSSR count). The van der Waals surface area contributed by atoms with E-state index in [0.29, 0.717) is 90.8 Å². The lowest BCUT2D eigenvalue weighted by atomic mass is 9.32. The molecule has 5 aromatic rings. The highest BCUT2D eigenvalue weighted by Gasteiger charge is 2.77. The molecule has 8 heteroatoms. The van der Waals surface area contributed by atoms with Crippen LogP contribution in [0.3, 0.4) is 0 Å². The van der Waals surface area contributed by atoms with Crippen LogP contribution in [0.15, 0.2) is 121 Å². The summed E-state index contributed by atoms with van der Waals surface area (Å²) in [7, 11) is 0. The van der Waals surface area contributed by atoms with Crippen molar-refractivity contribution in [2.24, 2.45) is 0 Å². The van der Waals surface area contributed by atoms with E-state index >= 15 is 0 Å². The van der Waals surface area contributed by atoms with E-state index in [9.17, 15) is 0 Å². The molecule has 1 heterocycles. The third kappa shape index (κ3) is 5.06. The van der Waals surface area contributed by atoms with Crippen LogP contribution in [-0.4, -0.2) is 79.3 Å². The summed E-state index contributed by atoms with van der Waals surface area (Å²) >= 11 is 0. The molecule has 7 aliphatic carbocycles. The van der Waals surface area contributed by atoms with Crippen molar-refractivity contribution in [2.45, 2.75) is 34.9 Å². The maximum Gasteiger partial charge on any atom is 0.161 e. The van der Waals surface area contributed by atoms with Crippen LogP contribution in [0.5, 0.6) is 11.5 Å². The molecule has 0 radical (unpaired) electrons. The number of rotatable bonds is 0. The molecular weight excluding hydrogens is 705 g/mol. The van der Waals surface area contributed by atoms with Crippen molar-refractivity contribution in [1.82, 2.24) is 0 Å². The van der Waals surface area contributed by atoms with Crippen molar-refractivity contribution < 1.29 is 37.9 Å². The Morgan fingerprint density at radius 1 is 0.286 bits per heavy atom. The number of fused-ring (bicyclic) bond motifs is 1. The topological polar surface area (TPSA) is 73.8 Å². The van der Waals surface area contributed by atoms with Gasteiger partial charge in [0.05, 0.1) is 66.1 Å². The van der Waals surface area contributed by atoms with Gasteiger partial charge >= 0.3 is 0 Å². The first-order valence-electron chi connectivity index (χ1n) is 20.1. The molecule has 5 aromatic carbocycles. The van der Waals surface area contributed by atoms with Gasteiger partial charge in [-0.2, -0.15) is 0 Å². The van der Waals surface area contributed by atoms with E-state index in [1.165, 1.54) is 22.3 Å². The van der Waals surface area contributed by atoms with E-state index in [1.54, 1.807) is 0 Å². The van der Waals surface area contributed by atoms with Crippen molar-refractivity contribution in [3.63, 3.8) is 0 Å². The fourth-order valence-corrected chi connectivity index (χ4v) is 10.8. The van der Waals surface area contributed by atoms with Crippen LogP contribution in [-0.2, 0) is 50.5 Å². The highest BCUT2D eigenvalue weighted by molar-refractivity contribution is 5.78. The molecule has 0 aromatic heterocycles. The lowest BCUT2D eigenvalue weighted by molar-refractivity contribution is -0.203. The van der Waals surface area contributed by atoms with Gasteiger partial charge in [0, 0.05) is 10.8 Å². The van der Waals surface area contributed by atoms with Crippen LogP contribution in [0.4, 0.5) is 0 Å². The number of hydrogen-bond acceptors (Lipinski definition) is 8. The minimum Gasteiger partial charge on any atom is -0.487 e. The van der Waals surface area contributed by atoms with Crippen LogP contribution in [0.1, 0.15) is 57.3 Å². The second-order valence-electron chi connectivity index (χ2n) is 15.1. The molecule has 1 fully saturated rings. The zero-order chi connectivity index (χ0) is 37.5. The summed E-state index contributed by atoms with van der Waals surface area (Å²) in [5.74, 6) is 1.35. The lowest BCUT2D eigenvalue weighted by Gasteiger charge is -2.72. The van der Waals surface area contributed by atoms with E-state index in [0.717, 1.165) is 35.1 Å². The third-order valence-corrected chi connectivity index (χ3v) is 12.8. The Morgan fingerprint density at radius 3 is 0.875 bits per heavy atom. The van der Waals surface area contributed by atoms with Gasteiger partial charge in [-0.1, -0.05) is 109 Å². The van der Waals surface area contributed by atoms with Crippen LogP contribution < -0.4 is 9.47 Å². The van der Waals surface area contributed by atoms with Crippen LogP contribution in [0.2, 0.25) is 0 Å². The van der Waals surface area contributed by atoms with Gasteiger partial charge in [0.15, 0.2) is 22.7 Å². The molecule has 56 heavy (non-hydrogen) atoms. The Bertz CT molecular complexity index is 1950. The van der Waals surface area contributed by atoms with Gasteiger partial charge in [0.2, 0.25) is 0 Å². The molecule has 1 aliphatic heterocycles. The van der Waals surface area contributed by atoms with E-state index in [2.05, 4.69) is 97.1 Å². The Labute approximate surface area is 328 Å². The van der Waals surface area contributed by atoms with E-state index < -0.39 is 11.2 Å². The minimum atomic E-state index is -1.07. The van der Waals surface area contributed by atoms with Gasteiger partial charge < -0.3 is 37.9 Å². The second-order valence-corrected chi connectivity index (χ2v) is 15.1. The van der Waals surface area contributed by atoms with E-state index in [4.69, 9.17) is 37.9 Å². The minimum absolute atomic E-state index is 0.278. The second kappa shape index (κ2) is 14.8. The highest BCUT2D eigenvalue weighted by atomic mass is 16.6. The standard InChI is InChI=1S/C48H48O8/c1-5-15-39-35(11-1)45-21-22-46(45)37-13-3-7-17-41(37)48(42-18-8-4-14-38(42)46)47(39,40-16-6-2-12-36(40)45)55-33-29-51-25-23-49-27-31-53-43-19-9-10-20-44(43)54-32-28-50-24-26-52-30-34-56-48/h1-20H,21-34H2. The molecule has 0 unspecified atom stereocenters. The molecule has 8 nitrogen and oxygen atoms in total. The smallest absolute Gasteiger partial charge is 0.161 e. The number of para-hydroxylation sites is 2. The highest BCUT2D eigenvalue weighted by Crippen LogP contribution is 2.78. The third-order valence-electron chi connectivity index (χ3n) is 12.8. The van der Waals surface area contributed by atoms with Gasteiger partial charge in [0.1, 0.15) is 13.2 Å². The van der Waals surface area contributed by atoms with Gasteiger partial charge in [-0.25, -0.2) is 0 Å². The van der Waals surface area contributed by atoms with Gasteiger partial charge in [-0.05, 0) is 69.5 Å². The van der Waals surface area contributed by atoms with Crippen LogP contribution >= 0.6 is 0 Å². The monoisotopic (exact) mass is 752 g/mol. The first kappa shape index (κ1) is 35.8. The van der Waals surface area contributed by atoms with Crippen molar-refractivity contribution in [2.75, 3.05) is 79.3 Å². The Morgan fingerprint density at radius 2 is 0.554 bits per heavy atom. The Hall–Kier alpha value is -4.54. The fraction of sp³-hybridized carbons (Fsp3) is 0.375. The first-order chi connectivity index (χ1) is 27.8. The zero-order valence-electron chi connectivity index (χ0n) is 31.7. The maximum atomic E-state index is 7.63. The summed E-state index contributed by atoms with van der Waals surface area (Å²) in [5.41, 5.74) is 7.26. The maximum absolute atomic E-state index is 7.63. The molecule has 4 spiro atoms. The van der Waals surface area contributed by atoms with E-state index in [-0.39, 0.29) is 10.8 Å². The lowest BCUT2D eigenvalue weighted by Crippen LogP contribution is -2.72. The normalized spacial score (nSPS) is 28.9. The predicted octanol–water partition coefficient (Wildman–Crippen LogP) is 7.45. The molecule has 0 amide bonds. The van der Waals surface area contributed by atoms with Crippen molar-refractivity contribution in [3.8, 4) is 11.5 Å². The summed E-state index contributed by atoms with van der Waals surface area (Å²) < 4.78 is 51.5. The number of ether oxygens (including phenoxy) is 8. The molecule has 0 atom stereocenters. The largest absolute Gasteiger partial charge is 0.487 e. The average Bonchev–Trinajstić information content (AvgIpc) is 3.23. The fourth-order valence-electron chi connectivity index (χ4n) is 10.8. The van der Waals surface area contributed by atoms with Gasteiger partial charge in [-0.3, -0.25) is 0 Å². The predicted molar refractivity (Wildman–Crippen MR) is 211 cm³/mol. The summed E-state index contributed by atoms with van der Waals surface area (Å²) in [5, 5.41) is 0. The van der Waals surface area contributed by atoms with Crippen molar-refractivity contribution in [3.05, 3.63) is 166 Å². The Kier molecular flexibility index (Phi) is 9.45. The summed E-state index contributed by atoms with van der Waals surface area (Å²) in [6.45, 7) is 4.82. The zero-order valence-corrected chi connectivity index (χ0v) is 31.7. The molecule has 8 aliphatic rings. The molecule has 1 saturated carbocycles. The number of hydrogen-bond donors (Lipinski definition) is 0. The van der Waals surface area contributed by atoms with Crippen LogP contribution in [0, 0.1) is 0 Å². The average molecular weight is 753 g/mol. The quantitative estimate of drug-likeness (QED) is 0.162. The molecule has 4 bridgehead atoms. The molecule has 0 saturated heterocycles. The summed E-state index contributed by atoms with van der Waals surface area (Å²) in [4.78, 5) is 0. The molecular formula is C48H48O8. The summed E-state index contributed by atoms with van der Waals surface area (Å²) in [6.07, 6.45) is 2.08. The van der Waals surface area contributed by atoms with Gasteiger partial charge in [-0.15, -0.1) is 0 Å². The van der Waals surface area contributed by atoms with Crippen molar-refractivity contribution >= 4 is 0 Å². The first-order valence-corrected chi connectivity index (χ1v) is 20.1. The number of benzene rings is 5. The van der Waals surface area contributed by atoms with E-state index in [1.807, 2.05) is 24.3 Å². The summed E-state index contributed by atoms with van der Waals surface area (Å²) in [6, 6.07) is 43.7. The molecule has 0 N–H and O–H groups in total.